The Balaban J connectivity index is 2.30. The molecule has 114 valence electrons. The maximum absolute atomic E-state index is 12.2. The molecule has 0 amide bonds. The summed E-state index contributed by atoms with van der Waals surface area (Å²) in [5.41, 5.74) is 1.20. The number of hydrogen-bond acceptors (Lipinski definition) is 2. The van der Waals surface area contributed by atoms with Crippen molar-refractivity contribution in [3.63, 3.8) is 0 Å². The maximum atomic E-state index is 12.2. The normalized spacial score (nSPS) is 14.9. The monoisotopic (exact) mass is 294 g/mol. The molecule has 0 N–H and O–H groups in total. The lowest BCUT2D eigenvalue weighted by Gasteiger charge is -2.21. The van der Waals surface area contributed by atoms with Crippen LogP contribution in [0.2, 0.25) is 0 Å². The van der Waals surface area contributed by atoms with Crippen molar-refractivity contribution < 1.29 is 9.53 Å². The van der Waals surface area contributed by atoms with Gasteiger partial charge in [0.1, 0.15) is 0 Å². The molecular weight excluding hydrogens is 272 g/mol. The van der Waals surface area contributed by atoms with E-state index < -0.39 is 11.5 Å². The summed E-state index contributed by atoms with van der Waals surface area (Å²) in [5, 5.41) is 0. The zero-order valence-corrected chi connectivity index (χ0v) is 13.7. The highest BCUT2D eigenvalue weighted by molar-refractivity contribution is 5.76. The summed E-state index contributed by atoms with van der Waals surface area (Å²) in [4.78, 5) is 12.2. The third-order valence-electron chi connectivity index (χ3n) is 3.34. The topological polar surface area (TPSA) is 26.3 Å². The number of benzene rings is 1. The molecule has 1 aliphatic rings. The van der Waals surface area contributed by atoms with E-state index in [2.05, 4.69) is 23.7 Å². The maximum Gasteiger partial charge on any atom is 0.312 e. The summed E-state index contributed by atoms with van der Waals surface area (Å²) in [6.45, 7) is 7.26. The molecule has 1 unspecified atom stereocenters. The van der Waals surface area contributed by atoms with Crippen molar-refractivity contribution in [3.8, 4) is 23.7 Å². The van der Waals surface area contributed by atoms with Crippen molar-refractivity contribution >= 4 is 5.97 Å². The molecule has 0 heterocycles. The van der Waals surface area contributed by atoms with Crippen LogP contribution in [-0.4, -0.2) is 5.97 Å². The molecule has 1 atom stereocenters. The highest BCUT2D eigenvalue weighted by Gasteiger charge is 2.27. The first-order valence-corrected chi connectivity index (χ1v) is 7.65. The van der Waals surface area contributed by atoms with E-state index in [1.807, 2.05) is 45.0 Å². The molecule has 1 fully saturated rings. The summed E-state index contributed by atoms with van der Waals surface area (Å²) in [6.07, 6.45) is 1.81. The molecule has 0 bridgehead atoms. The number of rotatable bonds is 2. The number of carbonyl (C=O) groups excluding carboxylic acids is 1. The van der Waals surface area contributed by atoms with Crippen LogP contribution in [-0.2, 0) is 9.53 Å². The molecule has 0 spiro atoms. The van der Waals surface area contributed by atoms with Crippen molar-refractivity contribution in [3.05, 3.63) is 35.4 Å². The average molecular weight is 294 g/mol. The van der Waals surface area contributed by atoms with Crippen LogP contribution in [0.25, 0.3) is 0 Å². The first-order valence-electron chi connectivity index (χ1n) is 7.65. The Kier molecular flexibility index (Phi) is 4.94. The quantitative estimate of drug-likeness (QED) is 0.606. The van der Waals surface area contributed by atoms with Crippen LogP contribution in [0.15, 0.2) is 24.3 Å². The summed E-state index contributed by atoms with van der Waals surface area (Å²) < 4.78 is 5.62. The van der Waals surface area contributed by atoms with Crippen LogP contribution in [0.4, 0.5) is 0 Å². The number of carbonyl (C=O) groups is 1. The van der Waals surface area contributed by atoms with Gasteiger partial charge in [-0.25, -0.2) is 0 Å². The molecule has 2 heteroatoms. The third kappa shape index (κ3) is 4.40. The van der Waals surface area contributed by atoms with E-state index in [-0.39, 0.29) is 5.97 Å². The molecule has 1 aliphatic carbocycles. The number of hydrogen-bond donors (Lipinski definition) is 0. The first kappa shape index (κ1) is 16.2. The van der Waals surface area contributed by atoms with Crippen LogP contribution in [0.1, 0.15) is 57.8 Å². The van der Waals surface area contributed by atoms with E-state index in [1.54, 1.807) is 6.92 Å². The van der Waals surface area contributed by atoms with E-state index in [0.717, 1.165) is 11.1 Å². The molecule has 1 saturated carbocycles. The highest BCUT2D eigenvalue weighted by Crippen LogP contribution is 2.29. The second-order valence-electron chi connectivity index (χ2n) is 6.56. The molecule has 0 radical (unpaired) electrons. The highest BCUT2D eigenvalue weighted by atomic mass is 16.5. The minimum absolute atomic E-state index is 0.259. The molecule has 0 aromatic heterocycles. The SMILES string of the molecule is CC#CC(OC(=O)C(C)(C)C)c1ccccc1C#CC1CC1. The fourth-order valence-electron chi connectivity index (χ4n) is 1.83. The average Bonchev–Trinajstić information content (AvgIpc) is 3.28. The lowest BCUT2D eigenvalue weighted by Crippen LogP contribution is -2.25. The largest absolute Gasteiger partial charge is 0.444 e. The van der Waals surface area contributed by atoms with E-state index >= 15 is 0 Å². The van der Waals surface area contributed by atoms with Crippen molar-refractivity contribution in [2.45, 2.75) is 46.6 Å². The predicted octanol–water partition coefficient (Wildman–Crippen LogP) is 4.10. The standard InChI is InChI=1S/C20H22O2/c1-5-8-18(22-19(21)20(2,3)4)17-10-7-6-9-16(17)14-13-15-11-12-15/h6-7,9-10,15,18H,11-12H2,1-4H3. The molecule has 1 aromatic carbocycles. The lowest BCUT2D eigenvalue weighted by atomic mass is 9.96. The molecule has 2 rings (SSSR count). The van der Waals surface area contributed by atoms with Gasteiger partial charge in [-0.3, -0.25) is 4.79 Å². The van der Waals surface area contributed by atoms with E-state index in [0.29, 0.717) is 5.92 Å². The first-order chi connectivity index (χ1) is 10.4. The Morgan fingerprint density at radius 2 is 1.95 bits per heavy atom. The Morgan fingerprint density at radius 3 is 2.55 bits per heavy atom. The van der Waals surface area contributed by atoms with Crippen molar-refractivity contribution in [1.29, 1.82) is 0 Å². The zero-order valence-electron chi connectivity index (χ0n) is 13.7. The van der Waals surface area contributed by atoms with Crippen LogP contribution in [0.3, 0.4) is 0 Å². The Hall–Kier alpha value is -2.19. The van der Waals surface area contributed by atoms with Gasteiger partial charge >= 0.3 is 5.97 Å². The van der Waals surface area contributed by atoms with Gasteiger partial charge in [-0.2, -0.15) is 0 Å². The van der Waals surface area contributed by atoms with E-state index in [4.69, 9.17) is 4.74 Å². The fourth-order valence-corrected chi connectivity index (χ4v) is 1.83. The van der Waals surface area contributed by atoms with Gasteiger partial charge in [0.15, 0.2) is 6.10 Å². The van der Waals surface area contributed by atoms with Crippen molar-refractivity contribution in [2.24, 2.45) is 11.3 Å². The number of ether oxygens (including phenoxy) is 1. The minimum Gasteiger partial charge on any atom is -0.444 e. The Morgan fingerprint density at radius 1 is 1.27 bits per heavy atom. The van der Waals surface area contributed by atoms with Crippen LogP contribution < -0.4 is 0 Å². The lowest BCUT2D eigenvalue weighted by molar-refractivity contribution is -0.156. The molecule has 22 heavy (non-hydrogen) atoms. The van der Waals surface area contributed by atoms with Gasteiger partial charge in [0.05, 0.1) is 5.41 Å². The zero-order chi connectivity index (χ0) is 16.2. The predicted molar refractivity (Wildman–Crippen MR) is 87.8 cm³/mol. The third-order valence-corrected chi connectivity index (χ3v) is 3.34. The molecule has 0 aliphatic heterocycles. The molecular formula is C20H22O2. The molecule has 0 saturated heterocycles. The van der Waals surface area contributed by atoms with Gasteiger partial charge < -0.3 is 4.74 Å². The summed E-state index contributed by atoms with van der Waals surface area (Å²) >= 11 is 0. The van der Waals surface area contributed by atoms with Gasteiger partial charge in [-0.05, 0) is 46.6 Å². The van der Waals surface area contributed by atoms with Crippen molar-refractivity contribution in [1.82, 2.24) is 0 Å². The van der Waals surface area contributed by atoms with Gasteiger partial charge in [0, 0.05) is 17.0 Å². The number of esters is 1. The van der Waals surface area contributed by atoms with E-state index in [9.17, 15) is 4.79 Å². The summed E-state index contributed by atoms with van der Waals surface area (Å²) in [7, 11) is 0. The van der Waals surface area contributed by atoms with Crippen LogP contribution in [0.5, 0.6) is 0 Å². The molecule has 2 nitrogen and oxygen atoms in total. The molecule has 1 aromatic rings. The smallest absolute Gasteiger partial charge is 0.312 e. The second kappa shape index (κ2) is 6.71. The minimum atomic E-state index is -0.568. The Bertz CT molecular complexity index is 667. The van der Waals surface area contributed by atoms with Gasteiger partial charge in [-0.1, -0.05) is 36.0 Å². The van der Waals surface area contributed by atoms with Gasteiger partial charge in [-0.15, -0.1) is 5.92 Å². The summed E-state index contributed by atoms with van der Waals surface area (Å²) in [6, 6.07) is 7.76. The summed E-state index contributed by atoms with van der Waals surface area (Å²) in [5.74, 6) is 12.6. The van der Waals surface area contributed by atoms with Crippen molar-refractivity contribution in [2.75, 3.05) is 0 Å². The fraction of sp³-hybridized carbons (Fsp3) is 0.450. The van der Waals surface area contributed by atoms with Gasteiger partial charge in [0.25, 0.3) is 0 Å². The van der Waals surface area contributed by atoms with E-state index in [1.165, 1.54) is 12.8 Å². The Labute approximate surface area is 133 Å². The second-order valence-corrected chi connectivity index (χ2v) is 6.56. The van der Waals surface area contributed by atoms with Gasteiger partial charge in [0.2, 0.25) is 0 Å². The van der Waals surface area contributed by atoms with Crippen LogP contribution >= 0.6 is 0 Å². The van der Waals surface area contributed by atoms with Crippen LogP contribution in [0, 0.1) is 35.0 Å².